The van der Waals surface area contributed by atoms with E-state index in [0.29, 0.717) is 17.0 Å². The number of hydrogen-bond donors (Lipinski definition) is 1. The number of benzene rings is 2. The van der Waals surface area contributed by atoms with Gasteiger partial charge in [0.1, 0.15) is 5.75 Å². The Labute approximate surface area is 154 Å². The number of aryl methyl sites for hydroxylation is 2. The molecule has 0 aliphatic carbocycles. The summed E-state index contributed by atoms with van der Waals surface area (Å²) < 4.78 is 30.6. The molecule has 2 aromatic carbocycles. The second kappa shape index (κ2) is 8.23. The molecule has 1 N–H and O–H groups in total. The van der Waals surface area contributed by atoms with E-state index in [4.69, 9.17) is 4.74 Å². The highest BCUT2D eigenvalue weighted by Gasteiger charge is 2.18. The molecule has 0 saturated heterocycles. The molecule has 0 aliphatic heterocycles. The lowest BCUT2D eigenvalue weighted by Crippen LogP contribution is -2.38. The number of carbonyl (C=O) groups excluding carboxylic acids is 1. The van der Waals surface area contributed by atoms with Crippen LogP contribution in [0.15, 0.2) is 42.5 Å². The van der Waals surface area contributed by atoms with Gasteiger partial charge in [-0.25, -0.2) is 8.42 Å². The van der Waals surface area contributed by atoms with Gasteiger partial charge >= 0.3 is 0 Å². The Bertz CT molecular complexity index is 877. The number of rotatable bonds is 7. The number of ether oxygens (including phenoxy) is 1. The molecule has 0 unspecified atom stereocenters. The lowest BCUT2D eigenvalue weighted by atomic mass is 10.1. The Kier molecular flexibility index (Phi) is 6.26. The molecule has 0 radical (unpaired) electrons. The number of methoxy groups -OCH3 is 1. The maximum atomic E-state index is 12.2. The van der Waals surface area contributed by atoms with Crippen molar-refractivity contribution < 1.29 is 17.9 Å². The van der Waals surface area contributed by atoms with Crippen molar-refractivity contribution in [2.45, 2.75) is 13.8 Å². The molecule has 0 spiro atoms. The zero-order chi connectivity index (χ0) is 19.3. The third kappa shape index (κ3) is 4.98. The molecule has 26 heavy (non-hydrogen) atoms. The normalized spacial score (nSPS) is 11.1. The minimum Gasteiger partial charge on any atom is -0.497 e. The second-order valence-corrected chi connectivity index (χ2v) is 7.99. The maximum absolute atomic E-state index is 12.2. The van der Waals surface area contributed by atoms with Crippen LogP contribution < -0.4 is 14.4 Å². The van der Waals surface area contributed by atoms with Crippen LogP contribution in [0, 0.1) is 13.8 Å². The fourth-order valence-electron chi connectivity index (χ4n) is 2.48. The van der Waals surface area contributed by atoms with Gasteiger partial charge in [-0.05, 0) is 61.4 Å². The average molecular weight is 376 g/mol. The van der Waals surface area contributed by atoms with Crippen molar-refractivity contribution in [3.63, 3.8) is 0 Å². The van der Waals surface area contributed by atoms with Crippen molar-refractivity contribution in [2.75, 3.05) is 30.8 Å². The van der Waals surface area contributed by atoms with E-state index >= 15 is 0 Å². The van der Waals surface area contributed by atoms with Crippen LogP contribution >= 0.6 is 0 Å². The predicted octanol–water partition coefficient (Wildman–Crippen LogP) is 2.51. The van der Waals surface area contributed by atoms with E-state index < -0.39 is 10.0 Å². The van der Waals surface area contributed by atoms with E-state index in [1.807, 2.05) is 26.0 Å². The largest absolute Gasteiger partial charge is 0.497 e. The Morgan fingerprint density at radius 2 is 1.73 bits per heavy atom. The lowest BCUT2D eigenvalue weighted by Gasteiger charge is -2.23. The first-order valence-electron chi connectivity index (χ1n) is 8.19. The van der Waals surface area contributed by atoms with Crippen molar-refractivity contribution >= 4 is 21.6 Å². The van der Waals surface area contributed by atoms with Gasteiger partial charge in [0, 0.05) is 12.1 Å². The van der Waals surface area contributed by atoms with Crippen LogP contribution in [0.4, 0.5) is 5.69 Å². The van der Waals surface area contributed by atoms with Crippen LogP contribution in [0.1, 0.15) is 21.5 Å². The number of carbonyl (C=O) groups is 1. The standard InChI is InChI=1S/C19H24N2O4S/c1-14-5-8-17(13-15(14)2)21(26(4,23)24)12-11-20-19(22)16-6-9-18(25-3)10-7-16/h5-10,13H,11-12H2,1-4H3,(H,20,22). The molecular formula is C19H24N2O4S. The van der Waals surface area contributed by atoms with Gasteiger partial charge in [0.25, 0.3) is 5.91 Å². The van der Waals surface area contributed by atoms with E-state index in [0.717, 1.165) is 17.4 Å². The summed E-state index contributed by atoms with van der Waals surface area (Å²) in [5.74, 6) is 0.403. The third-order valence-electron chi connectivity index (χ3n) is 4.13. The molecule has 2 aromatic rings. The van der Waals surface area contributed by atoms with E-state index in [-0.39, 0.29) is 19.0 Å². The van der Waals surface area contributed by atoms with Crippen LogP contribution in [0.3, 0.4) is 0 Å². The number of nitrogens with zero attached hydrogens (tertiary/aromatic N) is 1. The average Bonchev–Trinajstić information content (AvgIpc) is 2.60. The summed E-state index contributed by atoms with van der Waals surface area (Å²) in [6.45, 7) is 4.26. The van der Waals surface area contributed by atoms with E-state index in [9.17, 15) is 13.2 Å². The summed E-state index contributed by atoms with van der Waals surface area (Å²) in [4.78, 5) is 12.2. The van der Waals surface area contributed by atoms with Crippen LogP contribution in [0.25, 0.3) is 0 Å². The molecule has 7 heteroatoms. The first-order valence-corrected chi connectivity index (χ1v) is 10.0. The second-order valence-electron chi connectivity index (χ2n) is 6.09. The Hall–Kier alpha value is -2.54. The fraction of sp³-hybridized carbons (Fsp3) is 0.316. The highest BCUT2D eigenvalue weighted by Crippen LogP contribution is 2.20. The number of amides is 1. The van der Waals surface area contributed by atoms with Gasteiger partial charge in [0.15, 0.2) is 0 Å². The number of sulfonamides is 1. The minimum atomic E-state index is -3.45. The molecule has 1 amide bonds. The summed E-state index contributed by atoms with van der Waals surface area (Å²) in [6.07, 6.45) is 1.16. The van der Waals surface area contributed by atoms with Gasteiger partial charge in [-0.2, -0.15) is 0 Å². The molecule has 6 nitrogen and oxygen atoms in total. The topological polar surface area (TPSA) is 75.7 Å². The first-order chi connectivity index (χ1) is 12.2. The molecular weight excluding hydrogens is 352 g/mol. The van der Waals surface area contributed by atoms with Crippen molar-refractivity contribution in [2.24, 2.45) is 0 Å². The SMILES string of the molecule is COc1ccc(C(=O)NCCN(c2ccc(C)c(C)c2)S(C)(=O)=O)cc1. The summed E-state index contributed by atoms with van der Waals surface area (Å²) in [6, 6.07) is 12.2. The Morgan fingerprint density at radius 3 is 2.27 bits per heavy atom. The van der Waals surface area contributed by atoms with Crippen molar-refractivity contribution in [1.82, 2.24) is 5.32 Å². The van der Waals surface area contributed by atoms with Gasteiger partial charge in [0.2, 0.25) is 10.0 Å². The smallest absolute Gasteiger partial charge is 0.251 e. The van der Waals surface area contributed by atoms with Crippen LogP contribution in [0.2, 0.25) is 0 Å². The quantitative estimate of drug-likeness (QED) is 0.806. The maximum Gasteiger partial charge on any atom is 0.251 e. The molecule has 0 aromatic heterocycles. The zero-order valence-corrected chi connectivity index (χ0v) is 16.3. The predicted molar refractivity (Wildman–Crippen MR) is 103 cm³/mol. The van der Waals surface area contributed by atoms with Crippen molar-refractivity contribution in [1.29, 1.82) is 0 Å². The number of anilines is 1. The summed E-state index contributed by atoms with van der Waals surface area (Å²) >= 11 is 0. The molecule has 0 aliphatic rings. The summed E-state index contributed by atoms with van der Waals surface area (Å²) in [7, 11) is -1.90. The molecule has 0 heterocycles. The molecule has 0 bridgehead atoms. The summed E-state index contributed by atoms with van der Waals surface area (Å²) in [5.41, 5.74) is 3.19. The molecule has 2 rings (SSSR count). The van der Waals surface area contributed by atoms with Gasteiger partial charge in [-0.1, -0.05) is 6.07 Å². The lowest BCUT2D eigenvalue weighted by molar-refractivity contribution is 0.0955. The Morgan fingerprint density at radius 1 is 1.08 bits per heavy atom. The highest BCUT2D eigenvalue weighted by atomic mass is 32.2. The third-order valence-corrected chi connectivity index (χ3v) is 5.33. The molecule has 140 valence electrons. The van der Waals surface area contributed by atoms with Crippen LogP contribution in [0.5, 0.6) is 5.75 Å². The molecule has 0 atom stereocenters. The van der Waals surface area contributed by atoms with E-state index in [1.165, 1.54) is 4.31 Å². The van der Waals surface area contributed by atoms with Gasteiger partial charge < -0.3 is 10.1 Å². The monoisotopic (exact) mass is 376 g/mol. The number of hydrogen-bond acceptors (Lipinski definition) is 4. The van der Waals surface area contributed by atoms with Crippen LogP contribution in [-0.2, 0) is 10.0 Å². The van der Waals surface area contributed by atoms with Crippen molar-refractivity contribution in [3.05, 3.63) is 59.2 Å². The molecule has 0 fully saturated rings. The molecule has 0 saturated carbocycles. The van der Waals surface area contributed by atoms with Crippen LogP contribution in [-0.4, -0.2) is 40.8 Å². The van der Waals surface area contributed by atoms with Gasteiger partial charge in [0.05, 0.1) is 25.6 Å². The van der Waals surface area contributed by atoms with E-state index in [2.05, 4.69) is 5.32 Å². The zero-order valence-electron chi connectivity index (χ0n) is 15.4. The van der Waals surface area contributed by atoms with Crippen molar-refractivity contribution in [3.8, 4) is 5.75 Å². The Balaban J connectivity index is 2.05. The van der Waals surface area contributed by atoms with Gasteiger partial charge in [-0.15, -0.1) is 0 Å². The minimum absolute atomic E-state index is 0.156. The van der Waals surface area contributed by atoms with Gasteiger partial charge in [-0.3, -0.25) is 9.10 Å². The fourth-order valence-corrected chi connectivity index (χ4v) is 3.40. The summed E-state index contributed by atoms with van der Waals surface area (Å²) in [5, 5.41) is 2.75. The number of nitrogens with one attached hydrogen (secondary N) is 1. The highest BCUT2D eigenvalue weighted by molar-refractivity contribution is 7.92. The van der Waals surface area contributed by atoms with E-state index in [1.54, 1.807) is 37.4 Å². The first kappa shape index (κ1) is 19.8.